The number of carbonyl (C=O) groups excluding carboxylic acids is 1. The van der Waals surface area contributed by atoms with Crippen LogP contribution in [0.25, 0.3) is 0 Å². The van der Waals surface area contributed by atoms with Crippen LogP contribution >= 0.6 is 7.82 Å². The highest BCUT2D eigenvalue weighted by molar-refractivity contribution is 7.47. The zero-order valence-electron chi connectivity index (χ0n) is 33.6. The molecule has 0 aliphatic carbocycles. The summed E-state index contributed by atoms with van der Waals surface area (Å²) in [6.45, 7) is 4.72. The molecule has 51 heavy (non-hydrogen) atoms. The van der Waals surface area contributed by atoms with Gasteiger partial charge in [-0.15, -0.1) is 0 Å². The van der Waals surface area contributed by atoms with Crippen LogP contribution in [0.15, 0.2) is 48.6 Å². The van der Waals surface area contributed by atoms with E-state index in [1.165, 1.54) is 77.0 Å². The summed E-state index contributed by atoms with van der Waals surface area (Å²) in [7, 11) is 1.54. The lowest BCUT2D eigenvalue weighted by atomic mass is 10.1. The Morgan fingerprint density at radius 3 is 1.73 bits per heavy atom. The number of amides is 1. The van der Waals surface area contributed by atoms with E-state index in [0.29, 0.717) is 17.4 Å². The minimum atomic E-state index is -4.34. The second-order valence-electron chi connectivity index (χ2n) is 15.0. The monoisotopic (exact) mass is 740 g/mol. The summed E-state index contributed by atoms with van der Waals surface area (Å²) >= 11 is 0. The van der Waals surface area contributed by atoms with Crippen LogP contribution in [-0.2, 0) is 18.4 Å². The average Bonchev–Trinajstić information content (AvgIpc) is 3.07. The van der Waals surface area contributed by atoms with Crippen molar-refractivity contribution in [1.82, 2.24) is 5.32 Å². The molecule has 3 N–H and O–H groups in total. The molecule has 0 fully saturated rings. The fraction of sp³-hybridized carbons (Fsp3) is 0.786. The van der Waals surface area contributed by atoms with Crippen molar-refractivity contribution in [3.8, 4) is 0 Å². The Balaban J connectivity index is 4.58. The number of aliphatic hydroxyl groups excluding tert-OH is 1. The molecule has 0 aliphatic heterocycles. The highest BCUT2D eigenvalue weighted by atomic mass is 31.2. The first-order chi connectivity index (χ1) is 24.5. The van der Waals surface area contributed by atoms with E-state index >= 15 is 0 Å². The van der Waals surface area contributed by atoms with Crippen molar-refractivity contribution in [2.75, 3.05) is 40.9 Å². The molecular weight excluding hydrogens is 659 g/mol. The highest BCUT2D eigenvalue weighted by Crippen LogP contribution is 2.43. The van der Waals surface area contributed by atoms with Gasteiger partial charge in [0.05, 0.1) is 39.9 Å². The molecule has 0 rings (SSSR count). The van der Waals surface area contributed by atoms with Crippen LogP contribution in [0.2, 0.25) is 0 Å². The molecule has 0 aromatic carbocycles. The van der Waals surface area contributed by atoms with E-state index in [9.17, 15) is 19.4 Å². The molecular formula is C42H80N2O6P+. The van der Waals surface area contributed by atoms with E-state index in [2.05, 4.69) is 55.6 Å². The van der Waals surface area contributed by atoms with Gasteiger partial charge in [0, 0.05) is 6.42 Å². The van der Waals surface area contributed by atoms with Gasteiger partial charge in [-0.05, 0) is 64.2 Å². The molecule has 1 unspecified atom stereocenters. The fourth-order valence-electron chi connectivity index (χ4n) is 5.44. The average molecular weight is 740 g/mol. The van der Waals surface area contributed by atoms with Gasteiger partial charge in [-0.25, -0.2) is 4.57 Å². The highest BCUT2D eigenvalue weighted by Gasteiger charge is 2.27. The number of aliphatic hydroxyl groups is 1. The summed E-state index contributed by atoms with van der Waals surface area (Å²) < 4.78 is 23.5. The fourth-order valence-corrected chi connectivity index (χ4v) is 6.17. The zero-order valence-corrected chi connectivity index (χ0v) is 34.5. The smallest absolute Gasteiger partial charge is 0.387 e. The van der Waals surface area contributed by atoms with Crippen LogP contribution in [0.5, 0.6) is 0 Å². The Morgan fingerprint density at radius 1 is 0.667 bits per heavy atom. The Morgan fingerprint density at radius 2 is 1.14 bits per heavy atom. The summed E-state index contributed by atoms with van der Waals surface area (Å²) in [5.74, 6) is -0.204. The number of nitrogens with zero attached hydrogens (tertiary/aromatic N) is 1. The van der Waals surface area contributed by atoms with Crippen molar-refractivity contribution < 1.29 is 32.9 Å². The maximum absolute atomic E-state index is 12.8. The molecule has 3 atom stereocenters. The van der Waals surface area contributed by atoms with E-state index in [-0.39, 0.29) is 19.1 Å². The van der Waals surface area contributed by atoms with Gasteiger partial charge in [0.2, 0.25) is 5.91 Å². The number of phosphoric acid groups is 1. The normalized spacial score (nSPS) is 15.0. The molecule has 0 radical (unpaired) electrons. The number of carbonyl (C=O) groups is 1. The minimum Gasteiger partial charge on any atom is -0.387 e. The summed E-state index contributed by atoms with van der Waals surface area (Å²) in [5.41, 5.74) is 0. The van der Waals surface area contributed by atoms with Crippen LogP contribution in [0.4, 0.5) is 0 Å². The van der Waals surface area contributed by atoms with E-state index in [1.54, 1.807) is 6.08 Å². The van der Waals surface area contributed by atoms with E-state index < -0.39 is 20.0 Å². The lowest BCUT2D eigenvalue weighted by molar-refractivity contribution is -0.870. The molecule has 0 aromatic rings. The number of hydrogen-bond acceptors (Lipinski definition) is 5. The maximum Gasteiger partial charge on any atom is 0.472 e. The predicted octanol–water partition coefficient (Wildman–Crippen LogP) is 10.9. The van der Waals surface area contributed by atoms with Gasteiger partial charge < -0.3 is 19.8 Å². The van der Waals surface area contributed by atoms with Crippen molar-refractivity contribution in [1.29, 1.82) is 0 Å². The lowest BCUT2D eigenvalue weighted by Gasteiger charge is -2.25. The largest absolute Gasteiger partial charge is 0.472 e. The molecule has 0 bridgehead atoms. The van der Waals surface area contributed by atoms with Crippen molar-refractivity contribution in [3.63, 3.8) is 0 Å². The third-order valence-electron chi connectivity index (χ3n) is 8.77. The number of quaternary nitrogens is 1. The summed E-state index contributed by atoms with van der Waals surface area (Å²) in [4.78, 5) is 23.0. The SMILES string of the molecule is CCCCC/C=C/C/C=C/CCCCCCCC(=O)N[C@@H](COP(=O)(O)OCC[N+](C)(C)C)[C@H](O)/C=C/CC/C=C/CCCCCCCCCC. The van der Waals surface area contributed by atoms with Gasteiger partial charge in [-0.1, -0.05) is 140 Å². The minimum absolute atomic E-state index is 0.0517. The van der Waals surface area contributed by atoms with Crippen LogP contribution in [0.3, 0.4) is 0 Å². The topological polar surface area (TPSA) is 105 Å². The van der Waals surface area contributed by atoms with Gasteiger partial charge in [0.15, 0.2) is 0 Å². The number of unbranched alkanes of at least 4 members (excludes halogenated alkanes) is 17. The summed E-state index contributed by atoms with van der Waals surface area (Å²) in [6, 6.07) is -0.869. The van der Waals surface area contributed by atoms with Crippen molar-refractivity contribution in [2.24, 2.45) is 0 Å². The first kappa shape index (κ1) is 49.5. The summed E-state index contributed by atoms with van der Waals surface area (Å²) in [6.07, 6.45) is 41.7. The summed E-state index contributed by atoms with van der Waals surface area (Å²) in [5, 5.41) is 13.7. The first-order valence-electron chi connectivity index (χ1n) is 20.5. The molecule has 1 amide bonds. The van der Waals surface area contributed by atoms with Gasteiger partial charge in [0.1, 0.15) is 13.2 Å². The molecule has 8 nitrogen and oxygen atoms in total. The third-order valence-corrected chi connectivity index (χ3v) is 9.76. The number of hydrogen-bond donors (Lipinski definition) is 3. The van der Waals surface area contributed by atoms with Crippen LogP contribution < -0.4 is 5.32 Å². The first-order valence-corrected chi connectivity index (χ1v) is 22.0. The molecule has 0 aliphatic rings. The molecule has 0 spiro atoms. The Labute approximate surface area is 314 Å². The van der Waals surface area contributed by atoms with Crippen LogP contribution in [0.1, 0.15) is 162 Å². The van der Waals surface area contributed by atoms with E-state index in [4.69, 9.17) is 9.05 Å². The van der Waals surface area contributed by atoms with Gasteiger partial charge in [0.25, 0.3) is 0 Å². The molecule has 0 heterocycles. The second kappa shape index (κ2) is 34.2. The molecule has 0 aromatic heterocycles. The number of likely N-dealkylation sites (N-methyl/N-ethyl adjacent to an activating group) is 1. The lowest BCUT2D eigenvalue weighted by Crippen LogP contribution is -2.45. The van der Waals surface area contributed by atoms with Crippen molar-refractivity contribution in [3.05, 3.63) is 48.6 Å². The number of rotatable bonds is 36. The van der Waals surface area contributed by atoms with E-state index in [1.807, 2.05) is 27.2 Å². The number of phosphoric ester groups is 1. The zero-order chi connectivity index (χ0) is 37.9. The van der Waals surface area contributed by atoms with Gasteiger partial charge in [-0.3, -0.25) is 13.8 Å². The van der Waals surface area contributed by atoms with E-state index in [0.717, 1.165) is 64.2 Å². The van der Waals surface area contributed by atoms with Gasteiger partial charge >= 0.3 is 7.82 Å². The number of allylic oxidation sites excluding steroid dienone is 7. The van der Waals surface area contributed by atoms with Crippen LogP contribution in [0, 0.1) is 0 Å². The predicted molar refractivity (Wildman–Crippen MR) is 217 cm³/mol. The van der Waals surface area contributed by atoms with Crippen LogP contribution in [-0.4, -0.2) is 73.4 Å². The molecule has 0 saturated heterocycles. The van der Waals surface area contributed by atoms with Gasteiger partial charge in [-0.2, -0.15) is 0 Å². The Bertz CT molecular complexity index is 975. The third kappa shape index (κ3) is 36.6. The number of nitrogens with one attached hydrogen (secondary N) is 1. The Kier molecular flexibility index (Phi) is 33.2. The maximum atomic E-state index is 12.8. The van der Waals surface area contributed by atoms with Crippen molar-refractivity contribution >= 4 is 13.7 Å². The standard InChI is InChI=1S/C42H79N2O6P/c1-6-8-10-12-14-16-18-20-22-24-26-28-30-32-34-36-42(46)43-40(39-50-51(47,48)49-38-37-44(3,4)5)41(45)35-33-31-29-27-25-23-21-19-17-15-13-11-9-7-2/h14,16,20,22,25,27,33,35,40-41,45H,6-13,15,17-19,21,23-24,26,28-32,34,36-39H2,1-5H3,(H-,43,46,47,48)/p+1/b16-14+,22-20+,27-25+,35-33+/t40-,41+/m0/s1. The van der Waals surface area contributed by atoms with Crippen molar-refractivity contribution in [2.45, 2.75) is 174 Å². The second-order valence-corrected chi connectivity index (χ2v) is 16.5. The quantitative estimate of drug-likeness (QED) is 0.0256. The molecule has 298 valence electrons. The molecule has 9 heteroatoms. The Hall–Kier alpha value is -1.54. The molecule has 0 saturated carbocycles.